The number of aliphatic hydroxyl groups excluding tert-OH is 1. The molecule has 1 aliphatic rings. The Hall–Kier alpha value is -2.54. The highest BCUT2D eigenvalue weighted by atomic mass is 16.7. The standard InChI is InChI=1S/C27H30O5/c1-27(20-29-17-21-11-5-2-6-12-21)25(31-19-23-15-9-4-10-16-23)24(26(28)32-27)30-18-22-13-7-3-8-14-22/h2-16,24-26,28H,17-20H2,1H3/t24-,25+,26?,27+/m1/s1. The topological polar surface area (TPSA) is 57.2 Å². The average Bonchev–Trinajstić information content (AvgIpc) is 3.07. The lowest BCUT2D eigenvalue weighted by molar-refractivity contribution is -0.181. The van der Waals surface area contributed by atoms with Gasteiger partial charge >= 0.3 is 0 Å². The summed E-state index contributed by atoms with van der Waals surface area (Å²) in [5.74, 6) is 0. The third-order valence-electron chi connectivity index (χ3n) is 5.63. The van der Waals surface area contributed by atoms with E-state index in [0.29, 0.717) is 19.8 Å². The largest absolute Gasteiger partial charge is 0.374 e. The predicted octanol–water partition coefficient (Wildman–Crippen LogP) is 4.48. The van der Waals surface area contributed by atoms with Gasteiger partial charge in [-0.1, -0.05) is 91.0 Å². The predicted molar refractivity (Wildman–Crippen MR) is 122 cm³/mol. The summed E-state index contributed by atoms with van der Waals surface area (Å²) in [4.78, 5) is 0. The molecule has 1 fully saturated rings. The molecule has 0 aromatic heterocycles. The Morgan fingerprint density at radius 2 is 1.19 bits per heavy atom. The highest BCUT2D eigenvalue weighted by Crippen LogP contribution is 2.36. The van der Waals surface area contributed by atoms with Crippen LogP contribution in [-0.4, -0.2) is 35.8 Å². The van der Waals surface area contributed by atoms with E-state index in [1.807, 2.05) is 97.9 Å². The molecule has 0 bridgehead atoms. The summed E-state index contributed by atoms with van der Waals surface area (Å²) in [6.45, 7) is 3.38. The normalized spacial score (nSPS) is 25.1. The van der Waals surface area contributed by atoms with Crippen LogP contribution in [0.25, 0.3) is 0 Å². The average molecular weight is 435 g/mol. The summed E-state index contributed by atoms with van der Waals surface area (Å²) in [5, 5.41) is 10.7. The zero-order chi connectivity index (χ0) is 22.2. The molecular formula is C27H30O5. The first-order valence-electron chi connectivity index (χ1n) is 10.9. The van der Waals surface area contributed by atoms with Crippen molar-refractivity contribution in [1.29, 1.82) is 0 Å². The summed E-state index contributed by atoms with van der Waals surface area (Å²) in [7, 11) is 0. The number of hydrogen-bond acceptors (Lipinski definition) is 5. The minimum atomic E-state index is -1.11. The van der Waals surface area contributed by atoms with Gasteiger partial charge in [0.15, 0.2) is 6.29 Å². The highest BCUT2D eigenvalue weighted by molar-refractivity contribution is 5.15. The lowest BCUT2D eigenvalue weighted by Crippen LogP contribution is -2.47. The van der Waals surface area contributed by atoms with Crippen molar-refractivity contribution in [2.24, 2.45) is 0 Å². The van der Waals surface area contributed by atoms with Gasteiger partial charge in [0.1, 0.15) is 17.8 Å². The molecule has 5 heteroatoms. The lowest BCUT2D eigenvalue weighted by atomic mass is 9.98. The van der Waals surface area contributed by atoms with E-state index in [2.05, 4.69) is 0 Å². The highest BCUT2D eigenvalue weighted by Gasteiger charge is 2.54. The second-order valence-electron chi connectivity index (χ2n) is 8.28. The van der Waals surface area contributed by atoms with Gasteiger partial charge in [0.25, 0.3) is 0 Å². The van der Waals surface area contributed by atoms with Crippen LogP contribution in [-0.2, 0) is 38.8 Å². The first kappa shape index (κ1) is 22.6. The molecule has 1 unspecified atom stereocenters. The quantitative estimate of drug-likeness (QED) is 0.510. The van der Waals surface area contributed by atoms with Gasteiger partial charge in [-0.25, -0.2) is 0 Å². The Bertz CT molecular complexity index is 934. The molecule has 0 spiro atoms. The van der Waals surface area contributed by atoms with Crippen molar-refractivity contribution in [3.63, 3.8) is 0 Å². The third-order valence-corrected chi connectivity index (χ3v) is 5.63. The summed E-state index contributed by atoms with van der Waals surface area (Å²) < 4.78 is 24.3. The number of hydrogen-bond donors (Lipinski definition) is 1. The molecule has 5 nitrogen and oxygen atoms in total. The summed E-state index contributed by atoms with van der Waals surface area (Å²) in [5.41, 5.74) is 2.29. The maximum absolute atomic E-state index is 10.7. The minimum Gasteiger partial charge on any atom is -0.374 e. The Labute approximate surface area is 189 Å². The van der Waals surface area contributed by atoms with Crippen LogP contribution in [0.5, 0.6) is 0 Å². The molecule has 0 radical (unpaired) electrons. The zero-order valence-electron chi connectivity index (χ0n) is 18.3. The molecular weight excluding hydrogens is 404 g/mol. The van der Waals surface area contributed by atoms with Crippen molar-refractivity contribution < 1.29 is 24.1 Å². The van der Waals surface area contributed by atoms with Crippen LogP contribution in [0.4, 0.5) is 0 Å². The van der Waals surface area contributed by atoms with Crippen LogP contribution in [0.2, 0.25) is 0 Å². The number of ether oxygens (including phenoxy) is 4. The van der Waals surface area contributed by atoms with Gasteiger partial charge in [-0.3, -0.25) is 0 Å². The van der Waals surface area contributed by atoms with E-state index in [9.17, 15) is 5.11 Å². The van der Waals surface area contributed by atoms with Gasteiger partial charge in [-0.15, -0.1) is 0 Å². The lowest BCUT2D eigenvalue weighted by Gasteiger charge is -2.31. The monoisotopic (exact) mass is 434 g/mol. The Balaban J connectivity index is 1.45. The van der Waals surface area contributed by atoms with Crippen molar-refractivity contribution in [2.45, 2.75) is 50.8 Å². The summed E-state index contributed by atoms with van der Waals surface area (Å²) in [6.07, 6.45) is -2.24. The summed E-state index contributed by atoms with van der Waals surface area (Å²) in [6, 6.07) is 29.8. The van der Waals surface area contributed by atoms with Crippen LogP contribution < -0.4 is 0 Å². The molecule has 3 aromatic carbocycles. The fourth-order valence-corrected chi connectivity index (χ4v) is 3.94. The maximum atomic E-state index is 10.7. The van der Waals surface area contributed by atoms with Gasteiger partial charge < -0.3 is 24.1 Å². The Kier molecular flexibility index (Phi) is 7.68. The first-order chi connectivity index (χ1) is 15.6. The molecule has 1 aliphatic heterocycles. The molecule has 4 atom stereocenters. The van der Waals surface area contributed by atoms with E-state index >= 15 is 0 Å². The van der Waals surface area contributed by atoms with Crippen LogP contribution in [0, 0.1) is 0 Å². The van der Waals surface area contributed by atoms with Crippen LogP contribution in [0.1, 0.15) is 23.6 Å². The minimum absolute atomic E-state index is 0.267. The van der Waals surface area contributed by atoms with E-state index in [1.165, 1.54) is 0 Å². The molecule has 4 rings (SSSR count). The van der Waals surface area contributed by atoms with Gasteiger partial charge in [-0.2, -0.15) is 0 Å². The van der Waals surface area contributed by atoms with E-state index in [0.717, 1.165) is 16.7 Å². The molecule has 3 aromatic rings. The van der Waals surface area contributed by atoms with Crippen molar-refractivity contribution in [3.05, 3.63) is 108 Å². The SMILES string of the molecule is C[C@@]1(COCc2ccccc2)OC(O)[C@H](OCc2ccccc2)[C@@H]1OCc1ccccc1. The van der Waals surface area contributed by atoms with Crippen molar-refractivity contribution in [2.75, 3.05) is 6.61 Å². The molecule has 1 heterocycles. The molecule has 32 heavy (non-hydrogen) atoms. The number of aliphatic hydroxyl groups is 1. The van der Waals surface area contributed by atoms with E-state index in [-0.39, 0.29) is 6.61 Å². The number of rotatable bonds is 10. The Morgan fingerprint density at radius 3 is 1.72 bits per heavy atom. The van der Waals surface area contributed by atoms with Crippen molar-refractivity contribution in [1.82, 2.24) is 0 Å². The van der Waals surface area contributed by atoms with Gasteiger partial charge in [-0.05, 0) is 23.6 Å². The van der Waals surface area contributed by atoms with Gasteiger partial charge in [0.05, 0.1) is 26.4 Å². The van der Waals surface area contributed by atoms with Crippen LogP contribution >= 0.6 is 0 Å². The van der Waals surface area contributed by atoms with Crippen LogP contribution in [0.3, 0.4) is 0 Å². The first-order valence-corrected chi connectivity index (χ1v) is 10.9. The van der Waals surface area contributed by atoms with Crippen molar-refractivity contribution >= 4 is 0 Å². The molecule has 168 valence electrons. The van der Waals surface area contributed by atoms with Gasteiger partial charge in [0.2, 0.25) is 0 Å². The van der Waals surface area contributed by atoms with E-state index in [4.69, 9.17) is 18.9 Å². The molecule has 1 N–H and O–H groups in total. The molecule has 1 saturated heterocycles. The maximum Gasteiger partial charge on any atom is 0.184 e. The summed E-state index contributed by atoms with van der Waals surface area (Å²) >= 11 is 0. The van der Waals surface area contributed by atoms with Gasteiger partial charge in [0, 0.05) is 0 Å². The van der Waals surface area contributed by atoms with E-state index < -0.39 is 24.1 Å². The number of benzene rings is 3. The molecule has 0 aliphatic carbocycles. The second kappa shape index (κ2) is 10.9. The molecule has 0 amide bonds. The fourth-order valence-electron chi connectivity index (χ4n) is 3.94. The Morgan fingerprint density at radius 1 is 0.719 bits per heavy atom. The fraction of sp³-hybridized carbons (Fsp3) is 0.333. The smallest absolute Gasteiger partial charge is 0.184 e. The zero-order valence-corrected chi connectivity index (χ0v) is 18.3. The second-order valence-corrected chi connectivity index (χ2v) is 8.28. The molecule has 0 saturated carbocycles. The van der Waals surface area contributed by atoms with Crippen molar-refractivity contribution in [3.8, 4) is 0 Å². The van der Waals surface area contributed by atoms with Crippen LogP contribution in [0.15, 0.2) is 91.0 Å². The van der Waals surface area contributed by atoms with E-state index in [1.54, 1.807) is 0 Å². The third kappa shape index (κ3) is 5.82.